The van der Waals surface area contributed by atoms with E-state index in [0.717, 1.165) is 27.6 Å². The summed E-state index contributed by atoms with van der Waals surface area (Å²) in [5, 5.41) is 13.9. The van der Waals surface area contributed by atoms with Crippen LogP contribution in [0, 0.1) is 5.82 Å². The van der Waals surface area contributed by atoms with Gasteiger partial charge in [-0.2, -0.15) is 0 Å². The summed E-state index contributed by atoms with van der Waals surface area (Å²) in [6.45, 7) is 0.574. The molecular weight excluding hydrogens is 503 g/mol. The molecule has 0 aliphatic rings. The van der Waals surface area contributed by atoms with Gasteiger partial charge in [-0.05, 0) is 63.0 Å². The molecule has 6 nitrogen and oxygen atoms in total. The molecule has 8 heteroatoms. The molecule has 176 valence electrons. The minimum atomic E-state index is -0.921. The van der Waals surface area contributed by atoms with Crippen molar-refractivity contribution in [3.8, 4) is 11.5 Å². The monoisotopic (exact) mass is 526 g/mol. The van der Waals surface area contributed by atoms with Crippen molar-refractivity contribution in [2.45, 2.75) is 25.6 Å². The van der Waals surface area contributed by atoms with E-state index in [1.54, 1.807) is 19.2 Å². The number of carboxylic acid groups (broad SMARTS) is 1. The lowest BCUT2D eigenvalue weighted by molar-refractivity contribution is -0.139. The largest absolute Gasteiger partial charge is 0.493 e. The number of para-hydroxylation sites is 1. The molecule has 1 heterocycles. The second-order valence-corrected chi connectivity index (χ2v) is 8.71. The zero-order valence-electron chi connectivity index (χ0n) is 18.5. The Morgan fingerprint density at radius 1 is 1.15 bits per heavy atom. The molecular formula is C26H24BrFN2O4. The Bertz CT molecular complexity index is 1290. The van der Waals surface area contributed by atoms with E-state index in [1.807, 2.05) is 42.6 Å². The zero-order chi connectivity index (χ0) is 24.1. The molecule has 4 rings (SSSR count). The number of methoxy groups -OCH3 is 1. The van der Waals surface area contributed by atoms with Crippen LogP contribution in [-0.4, -0.2) is 29.2 Å². The summed E-state index contributed by atoms with van der Waals surface area (Å²) >= 11 is 3.52. The van der Waals surface area contributed by atoms with Crippen LogP contribution in [0.2, 0.25) is 0 Å². The Morgan fingerprint density at radius 3 is 2.65 bits per heavy atom. The highest BCUT2D eigenvalue weighted by atomic mass is 79.9. The van der Waals surface area contributed by atoms with Crippen molar-refractivity contribution in [3.63, 3.8) is 0 Å². The van der Waals surface area contributed by atoms with Crippen LogP contribution >= 0.6 is 15.9 Å². The van der Waals surface area contributed by atoms with Gasteiger partial charge in [0, 0.05) is 30.1 Å². The Hall–Kier alpha value is -3.36. The maximum Gasteiger partial charge on any atom is 0.321 e. The van der Waals surface area contributed by atoms with E-state index < -0.39 is 12.0 Å². The van der Waals surface area contributed by atoms with E-state index in [9.17, 15) is 14.3 Å². The molecule has 0 saturated carbocycles. The highest BCUT2D eigenvalue weighted by molar-refractivity contribution is 9.10. The van der Waals surface area contributed by atoms with Gasteiger partial charge in [-0.1, -0.05) is 30.3 Å². The molecule has 3 aromatic carbocycles. The molecule has 0 bridgehead atoms. The molecule has 0 unspecified atom stereocenters. The number of carboxylic acids is 1. The molecule has 0 aliphatic heterocycles. The number of fused-ring (bicyclic) bond motifs is 1. The van der Waals surface area contributed by atoms with Gasteiger partial charge >= 0.3 is 5.97 Å². The zero-order valence-corrected chi connectivity index (χ0v) is 20.1. The Kier molecular flexibility index (Phi) is 7.49. The number of hydrogen-bond acceptors (Lipinski definition) is 4. The van der Waals surface area contributed by atoms with E-state index in [1.165, 1.54) is 12.1 Å². The maximum absolute atomic E-state index is 13.1. The van der Waals surface area contributed by atoms with Gasteiger partial charge in [0.1, 0.15) is 18.5 Å². The van der Waals surface area contributed by atoms with E-state index in [-0.39, 0.29) is 12.4 Å². The van der Waals surface area contributed by atoms with Crippen molar-refractivity contribution in [2.24, 2.45) is 0 Å². The average Bonchev–Trinajstić information content (AvgIpc) is 3.24. The average molecular weight is 527 g/mol. The maximum atomic E-state index is 13.1. The van der Waals surface area contributed by atoms with E-state index in [0.29, 0.717) is 28.9 Å². The van der Waals surface area contributed by atoms with Crippen LogP contribution in [0.1, 0.15) is 16.7 Å². The van der Waals surface area contributed by atoms with E-state index >= 15 is 0 Å². The molecule has 0 aliphatic carbocycles. The lowest BCUT2D eigenvalue weighted by Crippen LogP contribution is -2.38. The molecule has 0 amide bonds. The summed E-state index contributed by atoms with van der Waals surface area (Å²) in [5.41, 5.74) is 3.58. The molecule has 0 fully saturated rings. The molecule has 1 aromatic heterocycles. The SMILES string of the molecule is COc1cc(CN[C@H](Cc2c[nH]c3ccccc23)C(=O)O)cc(Br)c1OCc1ccc(F)cc1. The number of hydrogen-bond donors (Lipinski definition) is 3. The number of ether oxygens (including phenoxy) is 2. The Labute approximate surface area is 204 Å². The second-order valence-electron chi connectivity index (χ2n) is 7.86. The van der Waals surface area contributed by atoms with Gasteiger partial charge in [-0.25, -0.2) is 4.39 Å². The van der Waals surface area contributed by atoms with Gasteiger partial charge < -0.3 is 24.9 Å². The fraction of sp³-hybridized carbons (Fsp3) is 0.192. The molecule has 0 radical (unpaired) electrons. The number of nitrogens with one attached hydrogen (secondary N) is 2. The molecule has 0 spiro atoms. The van der Waals surface area contributed by atoms with Gasteiger partial charge in [0.05, 0.1) is 11.6 Å². The third-order valence-corrected chi connectivity index (χ3v) is 6.12. The summed E-state index contributed by atoms with van der Waals surface area (Å²) in [6.07, 6.45) is 2.20. The lowest BCUT2D eigenvalue weighted by atomic mass is 10.0. The third kappa shape index (κ3) is 5.58. The van der Waals surface area contributed by atoms with Crippen molar-refractivity contribution in [1.29, 1.82) is 0 Å². The van der Waals surface area contributed by atoms with E-state index in [4.69, 9.17) is 9.47 Å². The number of carbonyl (C=O) groups is 1. The van der Waals surface area contributed by atoms with Crippen LogP contribution in [0.5, 0.6) is 11.5 Å². The molecule has 3 N–H and O–H groups in total. The van der Waals surface area contributed by atoms with Crippen molar-refractivity contribution < 1.29 is 23.8 Å². The first-order chi connectivity index (χ1) is 16.4. The third-order valence-electron chi connectivity index (χ3n) is 5.54. The fourth-order valence-electron chi connectivity index (χ4n) is 3.76. The first-order valence-electron chi connectivity index (χ1n) is 10.7. The fourth-order valence-corrected chi connectivity index (χ4v) is 4.36. The van der Waals surface area contributed by atoms with Gasteiger partial charge in [0.2, 0.25) is 0 Å². The number of rotatable bonds is 10. The van der Waals surface area contributed by atoms with Crippen LogP contribution in [0.4, 0.5) is 4.39 Å². The number of aromatic nitrogens is 1. The van der Waals surface area contributed by atoms with Crippen LogP contribution in [0.15, 0.2) is 71.3 Å². The predicted molar refractivity (Wildman–Crippen MR) is 132 cm³/mol. The van der Waals surface area contributed by atoms with Gasteiger partial charge in [0.15, 0.2) is 11.5 Å². The van der Waals surface area contributed by atoms with E-state index in [2.05, 4.69) is 26.2 Å². The topological polar surface area (TPSA) is 83.6 Å². The van der Waals surface area contributed by atoms with Crippen molar-refractivity contribution in [1.82, 2.24) is 10.3 Å². The second kappa shape index (κ2) is 10.7. The molecule has 1 atom stereocenters. The summed E-state index contributed by atoms with van der Waals surface area (Å²) in [5.74, 6) is -0.194. The quantitative estimate of drug-likeness (QED) is 0.256. The lowest BCUT2D eigenvalue weighted by Gasteiger charge is -2.17. The number of aliphatic carboxylic acids is 1. The van der Waals surface area contributed by atoms with Crippen LogP contribution in [0.3, 0.4) is 0 Å². The summed E-state index contributed by atoms with van der Waals surface area (Å²) in [4.78, 5) is 15.1. The summed E-state index contributed by atoms with van der Waals surface area (Å²) < 4.78 is 25.2. The summed E-state index contributed by atoms with van der Waals surface area (Å²) in [6, 6.07) is 16.8. The smallest absolute Gasteiger partial charge is 0.321 e. The number of benzene rings is 3. The van der Waals surface area contributed by atoms with Crippen molar-refractivity contribution in [2.75, 3.05) is 7.11 Å². The molecule has 4 aromatic rings. The first-order valence-corrected chi connectivity index (χ1v) is 11.5. The standard InChI is InChI=1S/C26H24BrFN2O4/c1-33-24-11-17(10-21(27)25(24)34-15-16-6-8-19(28)9-7-16)13-29-23(26(31)32)12-18-14-30-22-5-3-2-4-20(18)22/h2-11,14,23,29-30H,12-13,15H2,1H3,(H,31,32)/t23-/m1/s1. The summed E-state index contributed by atoms with van der Waals surface area (Å²) in [7, 11) is 1.54. The van der Waals surface area contributed by atoms with Gasteiger partial charge in [-0.3, -0.25) is 4.79 Å². The molecule has 0 saturated heterocycles. The predicted octanol–water partition coefficient (Wildman–Crippen LogP) is 5.44. The molecule has 34 heavy (non-hydrogen) atoms. The minimum Gasteiger partial charge on any atom is -0.493 e. The number of aromatic amines is 1. The van der Waals surface area contributed by atoms with Crippen molar-refractivity contribution >= 4 is 32.8 Å². The Morgan fingerprint density at radius 2 is 1.91 bits per heavy atom. The minimum absolute atomic E-state index is 0.249. The van der Waals surface area contributed by atoms with Gasteiger partial charge in [-0.15, -0.1) is 0 Å². The van der Waals surface area contributed by atoms with Crippen LogP contribution in [-0.2, 0) is 24.4 Å². The number of halogens is 2. The van der Waals surface area contributed by atoms with Crippen LogP contribution in [0.25, 0.3) is 10.9 Å². The van der Waals surface area contributed by atoms with Crippen molar-refractivity contribution in [3.05, 3.63) is 93.8 Å². The first kappa shape index (κ1) is 23.8. The highest BCUT2D eigenvalue weighted by Crippen LogP contribution is 2.37. The normalized spacial score (nSPS) is 12.0. The highest BCUT2D eigenvalue weighted by Gasteiger charge is 2.20. The van der Waals surface area contributed by atoms with Gasteiger partial charge in [0.25, 0.3) is 0 Å². The number of H-pyrrole nitrogens is 1. The van der Waals surface area contributed by atoms with Crippen LogP contribution < -0.4 is 14.8 Å². The Balaban J connectivity index is 1.45.